The second kappa shape index (κ2) is 6.95. The molecule has 0 spiro atoms. The molecule has 1 aromatic carbocycles. The number of piperidine rings is 1. The summed E-state index contributed by atoms with van der Waals surface area (Å²) in [6.45, 7) is 0.779. The number of likely N-dealkylation sites (tertiary alicyclic amines) is 1. The van der Waals surface area contributed by atoms with E-state index in [1.165, 1.54) is 0 Å². The Morgan fingerprint density at radius 1 is 1.15 bits per heavy atom. The van der Waals surface area contributed by atoms with E-state index in [0.29, 0.717) is 37.3 Å². The number of benzene rings is 1. The van der Waals surface area contributed by atoms with Crippen molar-refractivity contribution >= 4 is 27.7 Å². The Balaban J connectivity index is 1.33. The summed E-state index contributed by atoms with van der Waals surface area (Å²) in [4.78, 5) is 25.9. The Kier molecular flexibility index (Phi) is 4.63. The maximum atomic E-state index is 12.2. The van der Waals surface area contributed by atoms with Gasteiger partial charge in [-0.3, -0.25) is 9.59 Å². The van der Waals surface area contributed by atoms with Crippen LogP contribution in [0.3, 0.4) is 0 Å². The topological polar surface area (TPSA) is 105 Å². The molecule has 0 radical (unpaired) electrons. The Morgan fingerprint density at radius 3 is 2.56 bits per heavy atom. The van der Waals surface area contributed by atoms with Crippen LogP contribution in [0, 0.1) is 5.92 Å². The van der Waals surface area contributed by atoms with Gasteiger partial charge in [-0.25, -0.2) is 0 Å². The van der Waals surface area contributed by atoms with E-state index in [1.807, 2.05) is 4.90 Å². The fraction of sp³-hybridized carbons (Fsp3) is 0.500. The first kappa shape index (κ1) is 18.0. The number of amidine groups is 1. The van der Waals surface area contributed by atoms with Crippen LogP contribution in [0.2, 0.25) is 0 Å². The summed E-state index contributed by atoms with van der Waals surface area (Å²) in [6, 6.07) is 7.00. The zero-order valence-electron chi connectivity index (χ0n) is 14.8. The van der Waals surface area contributed by atoms with Gasteiger partial charge in [-0.05, 0) is 37.8 Å². The highest BCUT2D eigenvalue weighted by atomic mass is 32.2. The molecule has 1 saturated carbocycles. The zero-order valence-corrected chi connectivity index (χ0v) is 15.6. The van der Waals surface area contributed by atoms with Gasteiger partial charge < -0.3 is 15.0 Å². The number of carbonyl (C=O) groups is 2. The van der Waals surface area contributed by atoms with Crippen LogP contribution in [0.1, 0.15) is 31.2 Å². The van der Waals surface area contributed by atoms with Crippen LogP contribution in [-0.4, -0.2) is 56.8 Å². The molecule has 27 heavy (non-hydrogen) atoms. The van der Waals surface area contributed by atoms with E-state index in [2.05, 4.69) is 9.71 Å². The standard InChI is InChI=1S/C18H21N3O5S/c22-16(19-13-5-6-13)11-26-18(23)12-7-9-21(10-8-12)17-14-3-1-2-4-15(14)27(24,25)20-17/h1-4,12-13H,5-11H2,(H,19,22). The molecule has 2 aliphatic heterocycles. The second-order valence-electron chi connectivity index (χ2n) is 7.10. The highest BCUT2D eigenvalue weighted by molar-refractivity contribution is 7.90. The molecule has 0 unspecified atom stereocenters. The number of nitrogens with one attached hydrogen (secondary N) is 1. The fourth-order valence-corrected chi connectivity index (χ4v) is 4.62. The highest BCUT2D eigenvalue weighted by Gasteiger charge is 2.35. The number of sulfonamides is 1. The molecule has 8 nitrogen and oxygen atoms in total. The molecule has 9 heteroatoms. The van der Waals surface area contributed by atoms with E-state index < -0.39 is 10.0 Å². The van der Waals surface area contributed by atoms with Gasteiger partial charge in [-0.15, -0.1) is 4.40 Å². The number of amides is 1. The van der Waals surface area contributed by atoms with Gasteiger partial charge in [0.25, 0.3) is 15.9 Å². The summed E-state index contributed by atoms with van der Waals surface area (Å²) in [5.41, 5.74) is 0.607. The van der Waals surface area contributed by atoms with E-state index in [4.69, 9.17) is 4.74 Å². The van der Waals surface area contributed by atoms with Crippen LogP contribution in [0.25, 0.3) is 0 Å². The number of carbonyl (C=O) groups excluding carboxylic acids is 2. The van der Waals surface area contributed by atoms with Crippen molar-refractivity contribution in [2.45, 2.75) is 36.6 Å². The summed E-state index contributed by atoms with van der Waals surface area (Å²) >= 11 is 0. The third-order valence-electron chi connectivity index (χ3n) is 5.03. The minimum absolute atomic E-state index is 0.225. The molecule has 3 aliphatic rings. The Morgan fingerprint density at radius 2 is 1.85 bits per heavy atom. The van der Waals surface area contributed by atoms with Gasteiger partial charge in [0.05, 0.1) is 5.92 Å². The van der Waals surface area contributed by atoms with Crippen LogP contribution in [-0.2, 0) is 24.3 Å². The molecule has 1 aromatic rings. The average molecular weight is 391 g/mol. The Bertz CT molecular complexity index is 899. The van der Waals surface area contributed by atoms with Crippen molar-refractivity contribution < 1.29 is 22.7 Å². The molecule has 2 heterocycles. The minimum Gasteiger partial charge on any atom is -0.455 e. The Labute approximate surface area is 157 Å². The first-order valence-electron chi connectivity index (χ1n) is 9.09. The van der Waals surface area contributed by atoms with Gasteiger partial charge in [0.1, 0.15) is 4.90 Å². The van der Waals surface area contributed by atoms with Gasteiger partial charge in [0.15, 0.2) is 12.4 Å². The smallest absolute Gasteiger partial charge is 0.309 e. The van der Waals surface area contributed by atoms with Crippen LogP contribution in [0.5, 0.6) is 0 Å². The first-order chi connectivity index (χ1) is 12.9. The quantitative estimate of drug-likeness (QED) is 0.757. The number of ether oxygens (including phenoxy) is 1. The van der Waals surface area contributed by atoms with Crippen LogP contribution in [0.4, 0.5) is 0 Å². The van der Waals surface area contributed by atoms with Crippen LogP contribution >= 0.6 is 0 Å². The molecule has 1 N–H and O–H groups in total. The van der Waals surface area contributed by atoms with Gasteiger partial charge in [0.2, 0.25) is 0 Å². The van der Waals surface area contributed by atoms with Gasteiger partial charge in [0, 0.05) is 24.7 Å². The molecule has 4 rings (SSSR count). The van der Waals surface area contributed by atoms with Crippen molar-refractivity contribution in [3.63, 3.8) is 0 Å². The predicted octanol–water partition coefficient (Wildman–Crippen LogP) is 0.669. The van der Waals surface area contributed by atoms with Crippen LogP contribution < -0.4 is 5.32 Å². The molecule has 1 amide bonds. The minimum atomic E-state index is -3.65. The number of fused-ring (bicyclic) bond motifs is 1. The van der Waals surface area contributed by atoms with E-state index in [-0.39, 0.29) is 35.3 Å². The van der Waals surface area contributed by atoms with Crippen molar-refractivity contribution in [2.75, 3.05) is 19.7 Å². The summed E-state index contributed by atoms with van der Waals surface area (Å²) in [5.74, 6) is -0.475. The second-order valence-corrected chi connectivity index (χ2v) is 8.67. The molecule has 0 atom stereocenters. The molecular weight excluding hydrogens is 370 g/mol. The lowest BCUT2D eigenvalue weighted by atomic mass is 9.96. The molecule has 1 aliphatic carbocycles. The fourth-order valence-electron chi connectivity index (χ4n) is 3.40. The van der Waals surface area contributed by atoms with Crippen LogP contribution in [0.15, 0.2) is 33.6 Å². The summed E-state index contributed by atoms with van der Waals surface area (Å²) in [7, 11) is -3.65. The molecule has 2 fully saturated rings. The lowest BCUT2D eigenvalue weighted by Crippen LogP contribution is -2.41. The highest BCUT2D eigenvalue weighted by Crippen LogP contribution is 2.29. The van der Waals surface area contributed by atoms with E-state index in [0.717, 1.165) is 12.8 Å². The molecule has 0 aromatic heterocycles. The average Bonchev–Trinajstić information content (AvgIpc) is 3.43. The molecule has 1 saturated heterocycles. The van der Waals surface area contributed by atoms with Crippen molar-refractivity contribution in [2.24, 2.45) is 10.3 Å². The largest absolute Gasteiger partial charge is 0.455 e. The van der Waals surface area contributed by atoms with E-state index in [9.17, 15) is 18.0 Å². The SMILES string of the molecule is O=C(COC(=O)C1CCN(C2=NS(=O)(=O)c3ccccc32)CC1)NC1CC1. The third kappa shape index (κ3) is 3.83. The number of rotatable bonds is 4. The summed E-state index contributed by atoms with van der Waals surface area (Å²) < 4.78 is 33.4. The number of nitrogens with zero attached hydrogens (tertiary/aromatic N) is 2. The van der Waals surface area contributed by atoms with Crippen molar-refractivity contribution in [3.05, 3.63) is 29.8 Å². The maximum absolute atomic E-state index is 12.2. The lowest BCUT2D eigenvalue weighted by Gasteiger charge is -2.32. The van der Waals surface area contributed by atoms with E-state index in [1.54, 1.807) is 24.3 Å². The van der Waals surface area contributed by atoms with Gasteiger partial charge in [-0.1, -0.05) is 12.1 Å². The third-order valence-corrected chi connectivity index (χ3v) is 6.35. The van der Waals surface area contributed by atoms with Crippen molar-refractivity contribution in [3.8, 4) is 0 Å². The van der Waals surface area contributed by atoms with Crippen molar-refractivity contribution in [1.82, 2.24) is 10.2 Å². The number of esters is 1. The monoisotopic (exact) mass is 391 g/mol. The van der Waals surface area contributed by atoms with Gasteiger partial charge >= 0.3 is 5.97 Å². The van der Waals surface area contributed by atoms with Gasteiger partial charge in [-0.2, -0.15) is 8.42 Å². The summed E-state index contributed by atoms with van der Waals surface area (Å²) in [5, 5.41) is 2.78. The molecule has 0 bridgehead atoms. The number of hydrogen-bond acceptors (Lipinski definition) is 6. The first-order valence-corrected chi connectivity index (χ1v) is 10.5. The lowest BCUT2D eigenvalue weighted by molar-refractivity contribution is -0.153. The Hall–Kier alpha value is -2.42. The molecule has 144 valence electrons. The number of hydrogen-bond donors (Lipinski definition) is 1. The maximum Gasteiger partial charge on any atom is 0.309 e. The predicted molar refractivity (Wildman–Crippen MR) is 96.6 cm³/mol. The summed E-state index contributed by atoms with van der Waals surface area (Å²) in [6.07, 6.45) is 3.04. The van der Waals surface area contributed by atoms with E-state index >= 15 is 0 Å². The molecular formula is C18H21N3O5S. The van der Waals surface area contributed by atoms with Crippen molar-refractivity contribution in [1.29, 1.82) is 0 Å². The normalized spacial score (nSPS) is 21.3. The zero-order chi connectivity index (χ0) is 19.0.